The van der Waals surface area contributed by atoms with Crippen LogP contribution in [0.2, 0.25) is 0 Å². The van der Waals surface area contributed by atoms with Gasteiger partial charge in [0.15, 0.2) is 5.69 Å². The second-order valence-corrected chi connectivity index (χ2v) is 4.53. The first-order valence-corrected chi connectivity index (χ1v) is 6.77. The highest BCUT2D eigenvalue weighted by atomic mass is 16.6. The van der Waals surface area contributed by atoms with Crippen molar-refractivity contribution in [1.29, 1.82) is 0 Å². The molecule has 1 heterocycles. The SMILES string of the molecule is CCN(CCO)C(=O)c1ccn(-c2cccc([N+](=O)[O-])c2)n1. The first-order valence-electron chi connectivity index (χ1n) is 6.77. The van der Waals surface area contributed by atoms with Crippen molar-refractivity contribution in [1.82, 2.24) is 14.7 Å². The van der Waals surface area contributed by atoms with Gasteiger partial charge in [0.1, 0.15) is 0 Å². The molecular formula is C14H16N4O4. The summed E-state index contributed by atoms with van der Waals surface area (Å²) in [5.74, 6) is -0.291. The lowest BCUT2D eigenvalue weighted by molar-refractivity contribution is -0.384. The molecule has 8 nitrogen and oxygen atoms in total. The number of aliphatic hydroxyl groups is 1. The average Bonchev–Trinajstić information content (AvgIpc) is 3.02. The Morgan fingerprint density at radius 3 is 2.86 bits per heavy atom. The van der Waals surface area contributed by atoms with Gasteiger partial charge in [0.2, 0.25) is 0 Å². The van der Waals surface area contributed by atoms with E-state index in [2.05, 4.69) is 5.10 Å². The number of non-ortho nitro benzene ring substituents is 1. The second-order valence-electron chi connectivity index (χ2n) is 4.53. The number of nitrogens with zero attached hydrogens (tertiary/aromatic N) is 4. The first kappa shape index (κ1) is 15.6. The molecule has 0 unspecified atom stereocenters. The first-order chi connectivity index (χ1) is 10.6. The van der Waals surface area contributed by atoms with Crippen molar-refractivity contribution < 1.29 is 14.8 Å². The average molecular weight is 304 g/mol. The van der Waals surface area contributed by atoms with Crippen LogP contribution in [0, 0.1) is 10.1 Å². The van der Waals surface area contributed by atoms with E-state index in [9.17, 15) is 14.9 Å². The molecule has 0 spiro atoms. The predicted octanol–water partition coefficient (Wildman–Crippen LogP) is 1.23. The third-order valence-corrected chi connectivity index (χ3v) is 3.15. The number of rotatable bonds is 6. The maximum absolute atomic E-state index is 12.2. The van der Waals surface area contributed by atoms with Gasteiger partial charge < -0.3 is 10.0 Å². The largest absolute Gasteiger partial charge is 0.395 e. The summed E-state index contributed by atoms with van der Waals surface area (Å²) >= 11 is 0. The second kappa shape index (κ2) is 6.81. The van der Waals surface area contributed by atoms with Gasteiger partial charge in [0.25, 0.3) is 11.6 Å². The van der Waals surface area contributed by atoms with Crippen molar-refractivity contribution in [2.75, 3.05) is 19.7 Å². The molecule has 0 aliphatic heterocycles. The number of carbonyl (C=O) groups is 1. The number of likely N-dealkylation sites (N-methyl/N-ethyl adjacent to an activating group) is 1. The van der Waals surface area contributed by atoms with E-state index in [0.29, 0.717) is 12.2 Å². The lowest BCUT2D eigenvalue weighted by Gasteiger charge is -2.17. The van der Waals surface area contributed by atoms with Gasteiger partial charge in [-0.25, -0.2) is 4.68 Å². The van der Waals surface area contributed by atoms with Crippen molar-refractivity contribution in [3.8, 4) is 5.69 Å². The Balaban J connectivity index is 2.26. The molecule has 1 aromatic heterocycles. The molecule has 0 saturated carbocycles. The minimum Gasteiger partial charge on any atom is -0.395 e. The van der Waals surface area contributed by atoms with E-state index >= 15 is 0 Å². The van der Waals surface area contributed by atoms with Crippen LogP contribution in [0.15, 0.2) is 36.5 Å². The van der Waals surface area contributed by atoms with Crippen LogP contribution in [-0.4, -0.2) is 50.3 Å². The summed E-state index contributed by atoms with van der Waals surface area (Å²) < 4.78 is 1.41. The van der Waals surface area contributed by atoms with E-state index in [4.69, 9.17) is 5.11 Å². The van der Waals surface area contributed by atoms with E-state index < -0.39 is 4.92 Å². The molecule has 116 valence electrons. The summed E-state index contributed by atoms with van der Waals surface area (Å²) in [4.78, 5) is 24.0. The zero-order valence-corrected chi connectivity index (χ0v) is 12.0. The van der Waals surface area contributed by atoms with Gasteiger partial charge in [0, 0.05) is 31.4 Å². The van der Waals surface area contributed by atoms with Crippen LogP contribution in [0.3, 0.4) is 0 Å². The summed E-state index contributed by atoms with van der Waals surface area (Å²) in [6, 6.07) is 7.53. The molecule has 1 amide bonds. The number of nitro groups is 1. The molecular weight excluding hydrogens is 288 g/mol. The highest BCUT2D eigenvalue weighted by Gasteiger charge is 2.17. The summed E-state index contributed by atoms with van der Waals surface area (Å²) in [7, 11) is 0. The smallest absolute Gasteiger partial charge is 0.274 e. The normalized spacial score (nSPS) is 10.5. The lowest BCUT2D eigenvalue weighted by Crippen LogP contribution is -2.33. The van der Waals surface area contributed by atoms with E-state index in [-0.39, 0.29) is 30.4 Å². The van der Waals surface area contributed by atoms with Crippen LogP contribution >= 0.6 is 0 Å². The minimum atomic E-state index is -0.487. The van der Waals surface area contributed by atoms with Crippen molar-refractivity contribution >= 4 is 11.6 Å². The molecule has 0 aliphatic rings. The Hall–Kier alpha value is -2.74. The maximum Gasteiger partial charge on any atom is 0.274 e. The predicted molar refractivity (Wildman–Crippen MR) is 78.9 cm³/mol. The number of aliphatic hydroxyl groups excluding tert-OH is 1. The third-order valence-electron chi connectivity index (χ3n) is 3.15. The zero-order chi connectivity index (χ0) is 16.1. The Morgan fingerprint density at radius 1 is 1.45 bits per heavy atom. The topological polar surface area (TPSA) is 102 Å². The minimum absolute atomic E-state index is 0.0451. The van der Waals surface area contributed by atoms with Crippen molar-refractivity contribution in [2.45, 2.75) is 6.92 Å². The molecule has 22 heavy (non-hydrogen) atoms. The molecule has 0 aliphatic carbocycles. The maximum atomic E-state index is 12.2. The quantitative estimate of drug-likeness (QED) is 0.639. The van der Waals surface area contributed by atoms with E-state index in [1.54, 1.807) is 24.4 Å². The molecule has 2 aromatic rings. The monoisotopic (exact) mass is 304 g/mol. The van der Waals surface area contributed by atoms with Crippen LogP contribution < -0.4 is 0 Å². The van der Waals surface area contributed by atoms with Crippen LogP contribution in [-0.2, 0) is 0 Å². The summed E-state index contributed by atoms with van der Waals surface area (Å²) in [6.07, 6.45) is 1.57. The summed E-state index contributed by atoms with van der Waals surface area (Å²) in [6.45, 7) is 2.39. The summed E-state index contributed by atoms with van der Waals surface area (Å²) in [5, 5.41) is 23.9. The number of benzene rings is 1. The van der Waals surface area contributed by atoms with Crippen molar-refractivity contribution in [3.05, 3.63) is 52.3 Å². The molecule has 0 atom stereocenters. The lowest BCUT2D eigenvalue weighted by atomic mass is 10.3. The number of hydrogen-bond donors (Lipinski definition) is 1. The van der Waals surface area contributed by atoms with Gasteiger partial charge in [-0.2, -0.15) is 5.10 Å². The number of aromatic nitrogens is 2. The van der Waals surface area contributed by atoms with Gasteiger partial charge in [0.05, 0.1) is 17.2 Å². The van der Waals surface area contributed by atoms with Crippen LogP contribution in [0.25, 0.3) is 5.69 Å². The highest BCUT2D eigenvalue weighted by molar-refractivity contribution is 5.92. The summed E-state index contributed by atoms with van der Waals surface area (Å²) in [5.41, 5.74) is 0.677. The Labute approximate surface area is 126 Å². The Kier molecular flexibility index (Phi) is 4.84. The highest BCUT2D eigenvalue weighted by Crippen LogP contribution is 2.16. The van der Waals surface area contributed by atoms with Gasteiger partial charge in [-0.3, -0.25) is 14.9 Å². The van der Waals surface area contributed by atoms with Crippen LogP contribution in [0.5, 0.6) is 0 Å². The number of hydrogen-bond acceptors (Lipinski definition) is 5. The van der Waals surface area contributed by atoms with E-state index in [1.165, 1.54) is 21.7 Å². The zero-order valence-electron chi connectivity index (χ0n) is 12.0. The fourth-order valence-corrected chi connectivity index (χ4v) is 2.02. The number of amides is 1. The van der Waals surface area contributed by atoms with Gasteiger partial charge in [-0.1, -0.05) is 6.07 Å². The molecule has 1 aromatic carbocycles. The van der Waals surface area contributed by atoms with Crippen LogP contribution in [0.1, 0.15) is 17.4 Å². The molecule has 0 saturated heterocycles. The fourth-order valence-electron chi connectivity index (χ4n) is 2.02. The van der Waals surface area contributed by atoms with E-state index in [1.807, 2.05) is 6.92 Å². The molecule has 0 fully saturated rings. The standard InChI is InChI=1S/C14H16N4O4/c1-2-16(8-9-19)14(20)13-6-7-17(15-13)11-4-3-5-12(10-11)18(21)22/h3-7,10,19H,2,8-9H2,1H3. The Morgan fingerprint density at radius 2 is 2.23 bits per heavy atom. The third kappa shape index (κ3) is 3.29. The van der Waals surface area contributed by atoms with Crippen molar-refractivity contribution in [3.63, 3.8) is 0 Å². The van der Waals surface area contributed by atoms with Gasteiger partial charge in [-0.05, 0) is 19.1 Å². The van der Waals surface area contributed by atoms with Gasteiger partial charge in [-0.15, -0.1) is 0 Å². The van der Waals surface area contributed by atoms with E-state index in [0.717, 1.165) is 0 Å². The molecule has 0 radical (unpaired) electrons. The molecule has 2 rings (SSSR count). The number of carbonyl (C=O) groups excluding carboxylic acids is 1. The molecule has 1 N–H and O–H groups in total. The van der Waals surface area contributed by atoms with Crippen LogP contribution in [0.4, 0.5) is 5.69 Å². The van der Waals surface area contributed by atoms with Gasteiger partial charge >= 0.3 is 0 Å². The fraction of sp³-hybridized carbons (Fsp3) is 0.286. The van der Waals surface area contributed by atoms with Crippen molar-refractivity contribution in [2.24, 2.45) is 0 Å². The Bertz CT molecular complexity index is 683. The molecule has 8 heteroatoms. The molecule has 0 bridgehead atoms. The number of nitro benzene ring substituents is 1.